The minimum atomic E-state index is -0.280. The first-order chi connectivity index (χ1) is 12.5. The van der Waals surface area contributed by atoms with Crippen LogP contribution in [0.15, 0.2) is 65.3 Å². The molecule has 26 heavy (non-hydrogen) atoms. The molecule has 132 valence electrons. The van der Waals surface area contributed by atoms with E-state index in [9.17, 15) is 9.59 Å². The van der Waals surface area contributed by atoms with Gasteiger partial charge in [-0.1, -0.05) is 18.2 Å². The van der Waals surface area contributed by atoms with Gasteiger partial charge >= 0.3 is 0 Å². The second-order valence-electron chi connectivity index (χ2n) is 6.06. The summed E-state index contributed by atoms with van der Waals surface area (Å²) in [4.78, 5) is 25.0. The number of carbonyl (C=O) groups is 2. The van der Waals surface area contributed by atoms with Crippen LogP contribution in [0.5, 0.6) is 0 Å². The fourth-order valence-corrected chi connectivity index (χ4v) is 2.54. The normalized spacial score (nSPS) is 10.4. The average molecular weight is 348 g/mol. The lowest BCUT2D eigenvalue weighted by Gasteiger charge is -2.12. The number of amides is 2. The number of furan rings is 1. The van der Waals surface area contributed by atoms with Gasteiger partial charge in [-0.15, -0.1) is 0 Å². The summed E-state index contributed by atoms with van der Waals surface area (Å²) in [5.41, 5.74) is 3.59. The van der Waals surface area contributed by atoms with Crippen molar-refractivity contribution in [2.75, 3.05) is 5.32 Å². The summed E-state index contributed by atoms with van der Waals surface area (Å²) in [6, 6.07) is 16.0. The molecule has 2 N–H and O–H groups in total. The summed E-state index contributed by atoms with van der Waals surface area (Å²) >= 11 is 0. The zero-order valence-corrected chi connectivity index (χ0v) is 14.7. The predicted octanol–water partition coefficient (Wildman–Crippen LogP) is 4.08. The second kappa shape index (κ2) is 7.70. The van der Waals surface area contributed by atoms with Crippen molar-refractivity contribution in [3.63, 3.8) is 0 Å². The molecule has 5 heteroatoms. The third kappa shape index (κ3) is 4.00. The summed E-state index contributed by atoms with van der Waals surface area (Å²) in [5.74, 6) is 0.131. The number of anilines is 1. The summed E-state index contributed by atoms with van der Waals surface area (Å²) < 4.78 is 5.21. The van der Waals surface area contributed by atoms with Gasteiger partial charge in [0.1, 0.15) is 5.76 Å². The minimum Gasteiger partial charge on any atom is -0.467 e. The van der Waals surface area contributed by atoms with E-state index in [2.05, 4.69) is 10.6 Å². The first kappa shape index (κ1) is 17.5. The SMILES string of the molecule is Cc1ccc(C(=O)Nc2ccccc2C(=O)NCc2ccco2)cc1C. The van der Waals surface area contributed by atoms with E-state index in [1.54, 1.807) is 48.7 Å². The Hall–Kier alpha value is -3.34. The smallest absolute Gasteiger partial charge is 0.255 e. The van der Waals surface area contributed by atoms with Crippen molar-refractivity contribution in [3.8, 4) is 0 Å². The maximum atomic E-state index is 12.5. The predicted molar refractivity (Wildman–Crippen MR) is 100 cm³/mol. The number of benzene rings is 2. The van der Waals surface area contributed by atoms with Crippen molar-refractivity contribution in [2.24, 2.45) is 0 Å². The Morgan fingerprint density at radius 1 is 0.923 bits per heavy atom. The van der Waals surface area contributed by atoms with E-state index < -0.39 is 0 Å². The Morgan fingerprint density at radius 2 is 1.73 bits per heavy atom. The first-order valence-electron chi connectivity index (χ1n) is 8.33. The summed E-state index contributed by atoms with van der Waals surface area (Å²) in [7, 11) is 0. The van der Waals surface area contributed by atoms with Gasteiger partial charge in [-0.05, 0) is 61.4 Å². The molecule has 0 aliphatic rings. The van der Waals surface area contributed by atoms with Gasteiger partial charge in [0.25, 0.3) is 11.8 Å². The molecule has 0 aliphatic heterocycles. The van der Waals surface area contributed by atoms with Gasteiger partial charge in [-0.2, -0.15) is 0 Å². The topological polar surface area (TPSA) is 71.3 Å². The average Bonchev–Trinajstić information content (AvgIpc) is 3.16. The van der Waals surface area contributed by atoms with Crippen LogP contribution < -0.4 is 10.6 Å². The lowest BCUT2D eigenvalue weighted by Crippen LogP contribution is -2.24. The highest BCUT2D eigenvalue weighted by atomic mass is 16.3. The van der Waals surface area contributed by atoms with Crippen molar-refractivity contribution >= 4 is 17.5 Å². The van der Waals surface area contributed by atoms with E-state index in [0.717, 1.165) is 11.1 Å². The monoisotopic (exact) mass is 348 g/mol. The molecule has 0 fully saturated rings. The Morgan fingerprint density at radius 3 is 2.46 bits per heavy atom. The quantitative estimate of drug-likeness (QED) is 0.730. The van der Waals surface area contributed by atoms with Gasteiger partial charge in [0.05, 0.1) is 24.1 Å². The molecular formula is C21H20N2O3. The van der Waals surface area contributed by atoms with E-state index in [4.69, 9.17) is 4.42 Å². The van der Waals surface area contributed by atoms with Crippen molar-refractivity contribution in [3.05, 3.63) is 88.9 Å². The van der Waals surface area contributed by atoms with Crippen LogP contribution in [-0.4, -0.2) is 11.8 Å². The molecule has 0 unspecified atom stereocenters. The van der Waals surface area contributed by atoms with Crippen molar-refractivity contribution in [1.82, 2.24) is 5.32 Å². The van der Waals surface area contributed by atoms with E-state index >= 15 is 0 Å². The molecule has 0 saturated heterocycles. The lowest BCUT2D eigenvalue weighted by atomic mass is 10.1. The van der Waals surface area contributed by atoms with Crippen LogP contribution in [0.3, 0.4) is 0 Å². The highest BCUT2D eigenvalue weighted by Gasteiger charge is 2.14. The Balaban J connectivity index is 1.74. The molecule has 1 heterocycles. The molecule has 0 atom stereocenters. The molecule has 5 nitrogen and oxygen atoms in total. The highest BCUT2D eigenvalue weighted by molar-refractivity contribution is 6.09. The van der Waals surface area contributed by atoms with Crippen LogP contribution in [-0.2, 0) is 6.54 Å². The van der Waals surface area contributed by atoms with E-state index in [1.165, 1.54) is 0 Å². The van der Waals surface area contributed by atoms with Crippen molar-refractivity contribution in [2.45, 2.75) is 20.4 Å². The maximum Gasteiger partial charge on any atom is 0.255 e. The number of rotatable bonds is 5. The van der Waals surface area contributed by atoms with Crippen LogP contribution in [0.4, 0.5) is 5.69 Å². The largest absolute Gasteiger partial charge is 0.467 e. The van der Waals surface area contributed by atoms with Gasteiger partial charge < -0.3 is 15.1 Å². The number of aryl methyl sites for hydroxylation is 2. The van der Waals surface area contributed by atoms with Gasteiger partial charge in [-0.3, -0.25) is 9.59 Å². The molecule has 3 rings (SSSR count). The number of para-hydroxylation sites is 1. The molecule has 0 aliphatic carbocycles. The van der Waals surface area contributed by atoms with E-state index in [-0.39, 0.29) is 18.4 Å². The summed E-state index contributed by atoms with van der Waals surface area (Å²) in [5, 5.41) is 5.61. The van der Waals surface area contributed by atoms with E-state index in [1.807, 2.05) is 26.0 Å². The van der Waals surface area contributed by atoms with Crippen LogP contribution in [0.2, 0.25) is 0 Å². The summed E-state index contributed by atoms with van der Waals surface area (Å²) in [6.45, 7) is 4.24. The van der Waals surface area contributed by atoms with Crippen LogP contribution in [0.1, 0.15) is 37.6 Å². The number of nitrogens with one attached hydrogen (secondary N) is 2. The second-order valence-corrected chi connectivity index (χ2v) is 6.06. The standard InChI is InChI=1S/C21H20N2O3/c1-14-9-10-16(12-15(14)2)20(24)23-19-8-4-3-7-18(19)21(25)22-13-17-6-5-11-26-17/h3-12H,13H2,1-2H3,(H,22,25)(H,23,24). The Bertz CT molecular complexity index is 930. The maximum absolute atomic E-state index is 12.5. The molecule has 2 aromatic carbocycles. The lowest BCUT2D eigenvalue weighted by molar-refractivity contribution is 0.0949. The fraction of sp³-hybridized carbons (Fsp3) is 0.143. The van der Waals surface area contributed by atoms with Gasteiger partial charge in [0.15, 0.2) is 0 Å². The molecule has 0 spiro atoms. The fourth-order valence-electron chi connectivity index (χ4n) is 2.54. The van der Waals surface area contributed by atoms with Gasteiger partial charge in [0.2, 0.25) is 0 Å². The molecule has 0 bridgehead atoms. The zero-order chi connectivity index (χ0) is 18.5. The molecule has 0 radical (unpaired) electrons. The summed E-state index contributed by atoms with van der Waals surface area (Å²) in [6.07, 6.45) is 1.55. The van der Waals surface area contributed by atoms with Crippen molar-refractivity contribution < 1.29 is 14.0 Å². The highest BCUT2D eigenvalue weighted by Crippen LogP contribution is 2.18. The number of carbonyl (C=O) groups excluding carboxylic acids is 2. The number of hydrogen-bond acceptors (Lipinski definition) is 3. The van der Waals surface area contributed by atoms with Crippen LogP contribution >= 0.6 is 0 Å². The van der Waals surface area contributed by atoms with Crippen LogP contribution in [0.25, 0.3) is 0 Å². The molecule has 0 saturated carbocycles. The zero-order valence-electron chi connectivity index (χ0n) is 14.7. The third-order valence-corrected chi connectivity index (χ3v) is 4.19. The molecule has 3 aromatic rings. The molecule has 1 aromatic heterocycles. The minimum absolute atomic E-state index is 0.251. The Kier molecular flexibility index (Phi) is 5.17. The Labute approximate surface area is 152 Å². The third-order valence-electron chi connectivity index (χ3n) is 4.19. The van der Waals surface area contributed by atoms with Gasteiger partial charge in [-0.25, -0.2) is 0 Å². The first-order valence-corrected chi connectivity index (χ1v) is 8.33. The van der Waals surface area contributed by atoms with Crippen LogP contribution in [0, 0.1) is 13.8 Å². The van der Waals surface area contributed by atoms with E-state index in [0.29, 0.717) is 22.6 Å². The van der Waals surface area contributed by atoms with Gasteiger partial charge in [0, 0.05) is 5.56 Å². The number of hydrogen-bond donors (Lipinski definition) is 2. The van der Waals surface area contributed by atoms with Crippen molar-refractivity contribution in [1.29, 1.82) is 0 Å². The molecule has 2 amide bonds. The molecular weight excluding hydrogens is 328 g/mol.